The van der Waals surface area contributed by atoms with Crippen molar-refractivity contribution in [2.24, 2.45) is 0 Å². The normalized spacial score (nSPS) is 18.8. The van der Waals surface area contributed by atoms with Gasteiger partial charge in [-0.3, -0.25) is 9.69 Å². The number of hydrogen-bond donors (Lipinski definition) is 2. The van der Waals surface area contributed by atoms with Crippen LogP contribution in [-0.2, 0) is 0 Å². The Morgan fingerprint density at radius 1 is 1.10 bits per heavy atom. The van der Waals surface area contributed by atoms with Crippen molar-refractivity contribution in [2.75, 3.05) is 59.5 Å². The van der Waals surface area contributed by atoms with E-state index in [0.717, 1.165) is 42.4 Å². The van der Waals surface area contributed by atoms with Crippen molar-refractivity contribution in [3.8, 4) is 6.07 Å². The molecule has 42 heavy (non-hydrogen) atoms. The molecule has 10 heteroatoms. The maximum absolute atomic E-state index is 13.8. The van der Waals surface area contributed by atoms with Gasteiger partial charge in [-0.1, -0.05) is 36.4 Å². The summed E-state index contributed by atoms with van der Waals surface area (Å²) in [7, 11) is 1.76. The highest BCUT2D eigenvalue weighted by Gasteiger charge is 2.39. The summed E-state index contributed by atoms with van der Waals surface area (Å²) in [6.45, 7) is 4.11. The SMILES string of the molecule is CN(C[C@@H](CCN1CC(N2CCN(C(=O)O)CC2CO)C1)c1ccc(F)cc1)C(=O)c1cc(C#N)cc2ccccc12. The summed E-state index contributed by atoms with van der Waals surface area (Å²) in [6.07, 6.45) is -0.199. The number of carbonyl (C=O) groups is 2. The Morgan fingerprint density at radius 3 is 2.52 bits per heavy atom. The lowest BCUT2D eigenvalue weighted by atomic mass is 9.93. The first-order chi connectivity index (χ1) is 20.3. The molecular formula is C32H36FN5O4. The maximum atomic E-state index is 13.8. The third-order valence-electron chi connectivity index (χ3n) is 8.61. The van der Waals surface area contributed by atoms with E-state index < -0.39 is 6.09 Å². The number of aliphatic hydroxyl groups excluding tert-OH is 1. The molecular weight excluding hydrogens is 537 g/mol. The number of nitrogens with zero attached hydrogens (tertiary/aromatic N) is 5. The minimum Gasteiger partial charge on any atom is -0.465 e. The molecule has 0 bridgehead atoms. The minimum absolute atomic E-state index is 0.0340. The number of carboxylic acid groups (broad SMARTS) is 1. The quantitative estimate of drug-likeness (QED) is 0.404. The number of benzene rings is 3. The van der Waals surface area contributed by atoms with Gasteiger partial charge < -0.3 is 24.9 Å². The molecule has 2 fully saturated rings. The van der Waals surface area contributed by atoms with Crippen molar-refractivity contribution in [2.45, 2.75) is 24.4 Å². The summed E-state index contributed by atoms with van der Waals surface area (Å²) >= 11 is 0. The molecule has 0 spiro atoms. The maximum Gasteiger partial charge on any atom is 0.407 e. The molecule has 5 rings (SSSR count). The summed E-state index contributed by atoms with van der Waals surface area (Å²) in [4.78, 5) is 32.6. The topological polar surface area (TPSA) is 111 Å². The van der Waals surface area contributed by atoms with E-state index in [2.05, 4.69) is 15.9 Å². The number of amides is 2. The molecule has 3 aromatic rings. The molecule has 3 aromatic carbocycles. The second-order valence-electron chi connectivity index (χ2n) is 11.3. The molecule has 2 saturated heterocycles. The van der Waals surface area contributed by atoms with Gasteiger partial charge in [0.1, 0.15) is 5.82 Å². The van der Waals surface area contributed by atoms with Crippen molar-refractivity contribution in [1.29, 1.82) is 5.26 Å². The molecule has 9 nitrogen and oxygen atoms in total. The van der Waals surface area contributed by atoms with Gasteiger partial charge in [-0.25, -0.2) is 9.18 Å². The van der Waals surface area contributed by atoms with Gasteiger partial charge >= 0.3 is 6.09 Å². The molecule has 2 N–H and O–H groups in total. The fourth-order valence-electron chi connectivity index (χ4n) is 6.23. The first-order valence-corrected chi connectivity index (χ1v) is 14.3. The zero-order chi connectivity index (χ0) is 29.8. The lowest BCUT2D eigenvalue weighted by Crippen LogP contribution is -2.67. The van der Waals surface area contributed by atoms with Crippen molar-refractivity contribution >= 4 is 22.8 Å². The van der Waals surface area contributed by atoms with E-state index in [1.165, 1.54) is 17.0 Å². The molecule has 2 aliphatic heterocycles. The van der Waals surface area contributed by atoms with Gasteiger partial charge in [0.2, 0.25) is 0 Å². The van der Waals surface area contributed by atoms with Crippen molar-refractivity contribution in [3.63, 3.8) is 0 Å². The fourth-order valence-corrected chi connectivity index (χ4v) is 6.23. The highest BCUT2D eigenvalue weighted by molar-refractivity contribution is 6.07. The van der Waals surface area contributed by atoms with Crippen LogP contribution in [0.4, 0.5) is 9.18 Å². The van der Waals surface area contributed by atoms with Crippen molar-refractivity contribution < 1.29 is 24.2 Å². The average molecular weight is 574 g/mol. The highest BCUT2D eigenvalue weighted by Crippen LogP contribution is 2.27. The van der Waals surface area contributed by atoms with E-state index in [1.807, 2.05) is 24.3 Å². The lowest BCUT2D eigenvalue weighted by molar-refractivity contribution is -0.0400. The first-order valence-electron chi connectivity index (χ1n) is 14.3. The van der Waals surface area contributed by atoms with Gasteiger partial charge in [0.05, 0.1) is 24.3 Å². The molecule has 1 unspecified atom stereocenters. The molecule has 0 aromatic heterocycles. The minimum atomic E-state index is -0.954. The zero-order valence-corrected chi connectivity index (χ0v) is 23.7. The van der Waals surface area contributed by atoms with E-state index in [0.29, 0.717) is 37.3 Å². The monoisotopic (exact) mass is 573 g/mol. The van der Waals surface area contributed by atoms with Gasteiger partial charge in [-0.15, -0.1) is 0 Å². The standard InChI is InChI=1S/C32H36FN5O4/c1-35(31(40)30-15-22(16-34)14-24-4-2-3-5-29(24)30)17-25(23-6-8-26(33)9-7-23)10-11-36-18-27(19-36)38-13-12-37(32(41)42)20-28(38)21-39/h2-9,14-15,25,27-28,39H,10-13,17-21H2,1H3,(H,41,42)/t25-,28?/m1/s1. The third kappa shape index (κ3) is 6.39. The van der Waals surface area contributed by atoms with Gasteiger partial charge in [-0.05, 0) is 53.6 Å². The molecule has 2 amide bonds. The summed E-state index contributed by atoms with van der Waals surface area (Å²) in [5, 5.41) is 30.3. The summed E-state index contributed by atoms with van der Waals surface area (Å²) in [6, 6.07) is 19.6. The molecule has 0 radical (unpaired) electrons. The van der Waals surface area contributed by atoms with Crippen LogP contribution in [0.3, 0.4) is 0 Å². The number of likely N-dealkylation sites (N-methyl/N-ethyl adjacent to an activating group) is 1. The Balaban J connectivity index is 1.25. The lowest BCUT2D eigenvalue weighted by Gasteiger charge is -2.51. The van der Waals surface area contributed by atoms with Gasteiger partial charge in [0.15, 0.2) is 0 Å². The van der Waals surface area contributed by atoms with Crippen molar-refractivity contribution in [1.82, 2.24) is 19.6 Å². The van der Waals surface area contributed by atoms with Crippen LogP contribution >= 0.6 is 0 Å². The number of halogens is 1. The van der Waals surface area contributed by atoms with Gasteiger partial charge in [0.25, 0.3) is 5.91 Å². The van der Waals surface area contributed by atoms with Crippen LogP contribution < -0.4 is 0 Å². The smallest absolute Gasteiger partial charge is 0.407 e. The molecule has 2 aliphatic rings. The summed E-state index contributed by atoms with van der Waals surface area (Å²) < 4.78 is 13.8. The van der Waals surface area contributed by atoms with Crippen LogP contribution in [0.25, 0.3) is 10.8 Å². The predicted molar refractivity (Wildman–Crippen MR) is 157 cm³/mol. The van der Waals surface area contributed by atoms with E-state index in [4.69, 9.17) is 0 Å². The first kappa shape index (κ1) is 29.5. The van der Waals surface area contributed by atoms with Crippen LogP contribution in [0.15, 0.2) is 60.7 Å². The Hall–Kier alpha value is -4.04. The zero-order valence-electron chi connectivity index (χ0n) is 23.7. The van der Waals surface area contributed by atoms with Crippen LogP contribution in [-0.4, -0.2) is 113 Å². The largest absolute Gasteiger partial charge is 0.465 e. The van der Waals surface area contributed by atoms with Crippen LogP contribution in [0.1, 0.15) is 33.8 Å². The Morgan fingerprint density at radius 2 is 1.83 bits per heavy atom. The number of likely N-dealkylation sites (tertiary alicyclic amines) is 1. The molecule has 2 heterocycles. The number of hydrogen-bond acceptors (Lipinski definition) is 6. The number of fused-ring (bicyclic) bond motifs is 1. The van der Waals surface area contributed by atoms with Crippen molar-refractivity contribution in [3.05, 3.63) is 83.2 Å². The van der Waals surface area contributed by atoms with Crippen LogP contribution in [0.2, 0.25) is 0 Å². The molecule has 0 saturated carbocycles. The van der Waals surface area contributed by atoms with Gasteiger partial charge in [0, 0.05) is 63.8 Å². The summed E-state index contributed by atoms with van der Waals surface area (Å²) in [5.74, 6) is -0.517. The Kier molecular flexibility index (Phi) is 9.02. The Labute approximate surface area is 245 Å². The van der Waals surface area contributed by atoms with Crippen LogP contribution in [0.5, 0.6) is 0 Å². The summed E-state index contributed by atoms with van der Waals surface area (Å²) in [5.41, 5.74) is 1.87. The number of carbonyl (C=O) groups excluding carboxylic acids is 1. The second kappa shape index (κ2) is 12.9. The average Bonchev–Trinajstić information content (AvgIpc) is 2.98. The highest BCUT2D eigenvalue weighted by atomic mass is 19.1. The predicted octanol–water partition coefficient (Wildman–Crippen LogP) is 3.44. The number of piperazine rings is 1. The number of nitriles is 1. The third-order valence-corrected chi connectivity index (χ3v) is 8.61. The van der Waals surface area contributed by atoms with E-state index >= 15 is 0 Å². The number of aliphatic hydroxyl groups is 1. The number of rotatable bonds is 9. The molecule has 2 atom stereocenters. The molecule has 0 aliphatic carbocycles. The van der Waals surface area contributed by atoms with E-state index in [1.54, 1.807) is 36.2 Å². The van der Waals surface area contributed by atoms with Gasteiger partial charge in [-0.2, -0.15) is 5.26 Å². The van der Waals surface area contributed by atoms with E-state index in [-0.39, 0.29) is 36.3 Å². The Bertz CT molecular complexity index is 1470. The molecule has 220 valence electrons. The fraction of sp³-hybridized carbons (Fsp3) is 0.406. The van der Waals surface area contributed by atoms with E-state index in [9.17, 15) is 29.5 Å². The second-order valence-corrected chi connectivity index (χ2v) is 11.3. The van der Waals surface area contributed by atoms with Crippen LogP contribution in [0, 0.1) is 17.1 Å².